The number of urea groups is 1. The number of ketones is 1. The summed E-state index contributed by atoms with van der Waals surface area (Å²) in [6.45, 7) is 24.7. The maximum atomic E-state index is 12.7. The number of hydrogen-bond acceptors (Lipinski definition) is 12. The number of terminal acetylenes is 1. The summed E-state index contributed by atoms with van der Waals surface area (Å²) < 4.78 is 7.91. The molecule has 3 aromatic heterocycles. The molecule has 16 heteroatoms. The number of allylic oxidation sites excluding steroid dienone is 1. The third-order valence-corrected chi connectivity index (χ3v) is 14.2. The SMILES string of the molecule is C#COCC(C)(C)Cc1c(-c2cccnc2C(C)CC)n(CC)c2ccc(-c3csc(CCC(=O)C(C)CCCNN)n3)cc12.C=CC=O.CC(C)C(C(N)=O)N(C)C(=O)N1CCC12CN(C)C2.CN. The number of carbonyl (C=O) groups is 4. The predicted molar refractivity (Wildman–Crippen MR) is 286 cm³/mol. The Labute approximate surface area is 421 Å². The minimum atomic E-state index is -0.539. The van der Waals surface area contributed by atoms with E-state index in [-0.39, 0.29) is 34.6 Å². The lowest BCUT2D eigenvalue weighted by Crippen LogP contribution is -2.78. The zero-order valence-corrected chi connectivity index (χ0v) is 44.7. The molecule has 1 aromatic carbocycles. The van der Waals surface area contributed by atoms with Crippen LogP contribution in [-0.2, 0) is 38.5 Å². The van der Waals surface area contributed by atoms with E-state index in [0.717, 1.165) is 86.8 Å². The molecular weight excluding hydrogens is 901 g/mol. The summed E-state index contributed by atoms with van der Waals surface area (Å²) in [5.41, 5.74) is 20.4. The molecule has 0 bridgehead atoms. The molecule has 3 amide bonds. The topological polar surface area (TPSA) is 208 Å². The van der Waals surface area contributed by atoms with Crippen LogP contribution in [0.1, 0.15) is 110 Å². The van der Waals surface area contributed by atoms with Gasteiger partial charge in [0.05, 0.1) is 27.6 Å². The molecule has 384 valence electrons. The Kier molecular flexibility index (Phi) is 23.4. The molecule has 6 rings (SSSR count). The number of rotatable bonds is 21. The molecule has 2 aliphatic rings. The number of aldehydes is 1. The smallest absolute Gasteiger partial charge is 0.320 e. The Hall–Kier alpha value is -5.44. The van der Waals surface area contributed by atoms with E-state index < -0.39 is 11.9 Å². The standard InChI is InChI=1S/C37H49N5O2S.C13H24N4O2.C3H4O.CH5N/c1-8-25(4)35-28(14-12-19-39-35)36-30(22-37(6,7)24-44-10-3)29-21-27(15-16-32(29)42(36)9-2)31-23-45-34(41-31)18-17-33(43)26(5)13-11-20-40-38;1-9(2)10(11(14)18)16(4)12(19)17-6-5-13(17)7-15(3)8-13;1-2-3-4;1-2/h3,12,14-16,19,21,23,25-26,40H,8-9,11,13,17-18,20,22,24,38H2,1-2,4-7H3;9-10H,5-8H2,1-4H3,(H2,14,18);2-3H,1H2;2H2,1H3. The van der Waals surface area contributed by atoms with E-state index in [1.807, 2.05) is 37.9 Å². The first-order valence-electron chi connectivity index (χ1n) is 24.6. The van der Waals surface area contributed by atoms with E-state index in [9.17, 15) is 14.4 Å². The first-order valence-corrected chi connectivity index (χ1v) is 25.5. The number of nitrogens with one attached hydrogen (secondary N) is 1. The van der Waals surface area contributed by atoms with Gasteiger partial charge in [-0.15, -0.1) is 11.3 Å². The zero-order chi connectivity index (χ0) is 52.3. The van der Waals surface area contributed by atoms with E-state index in [2.05, 4.69) is 105 Å². The number of likely N-dealkylation sites (tertiary alicyclic amines) is 2. The van der Waals surface area contributed by atoms with Crippen LogP contribution in [-0.4, -0.2) is 119 Å². The van der Waals surface area contributed by atoms with Crippen LogP contribution >= 0.6 is 11.3 Å². The molecular formula is C54H82N10O5S. The highest BCUT2D eigenvalue weighted by Crippen LogP contribution is 2.42. The number of fused-ring (bicyclic) bond motifs is 1. The highest BCUT2D eigenvalue weighted by molar-refractivity contribution is 7.10. The van der Waals surface area contributed by atoms with Crippen molar-refractivity contribution in [2.45, 2.75) is 124 Å². The second-order valence-electron chi connectivity index (χ2n) is 19.5. The number of Topliss-reactive ketones (excluding diaryl/α,β-unsaturated/α-hetero) is 1. The van der Waals surface area contributed by atoms with Crippen LogP contribution < -0.4 is 22.7 Å². The minimum Gasteiger partial charge on any atom is -0.446 e. The number of likely N-dealkylation sites (N-methyl/N-ethyl adjacent to an activating group) is 2. The van der Waals surface area contributed by atoms with Gasteiger partial charge in [0.15, 0.2) is 0 Å². The van der Waals surface area contributed by atoms with E-state index >= 15 is 0 Å². The fourth-order valence-corrected chi connectivity index (χ4v) is 10.3. The number of nitrogens with zero attached hydrogens (tertiary/aromatic N) is 6. The Morgan fingerprint density at radius 1 is 1.14 bits per heavy atom. The highest BCUT2D eigenvalue weighted by atomic mass is 32.1. The number of hydrogen-bond donors (Lipinski definition) is 4. The molecule has 15 nitrogen and oxygen atoms in total. The van der Waals surface area contributed by atoms with Crippen molar-refractivity contribution in [1.82, 2.24) is 34.7 Å². The van der Waals surface area contributed by atoms with Crippen LogP contribution in [0.25, 0.3) is 33.4 Å². The van der Waals surface area contributed by atoms with Gasteiger partial charge >= 0.3 is 6.03 Å². The number of pyridine rings is 1. The molecule has 1 spiro atoms. The summed E-state index contributed by atoms with van der Waals surface area (Å²) in [6, 6.07) is 10.3. The van der Waals surface area contributed by atoms with Crippen molar-refractivity contribution in [3.05, 3.63) is 70.8 Å². The number of hydrazine groups is 1. The predicted octanol–water partition coefficient (Wildman–Crippen LogP) is 7.80. The van der Waals surface area contributed by atoms with Crippen LogP contribution in [0.3, 0.4) is 0 Å². The second-order valence-corrected chi connectivity index (χ2v) is 20.5. The van der Waals surface area contributed by atoms with Crippen LogP contribution in [0.15, 0.2) is 54.6 Å². The lowest BCUT2D eigenvalue weighted by Gasteiger charge is -2.62. The number of benzene rings is 1. The van der Waals surface area contributed by atoms with E-state index in [4.69, 9.17) is 37.5 Å². The fraction of sp³-hybridized carbons (Fsp3) is 0.556. The summed E-state index contributed by atoms with van der Waals surface area (Å²) >= 11 is 1.63. The zero-order valence-electron chi connectivity index (χ0n) is 43.8. The van der Waals surface area contributed by atoms with Crippen LogP contribution in [0.5, 0.6) is 0 Å². The third-order valence-electron chi connectivity index (χ3n) is 13.3. The van der Waals surface area contributed by atoms with Gasteiger partial charge in [-0.2, -0.15) is 0 Å². The molecule has 0 aliphatic carbocycles. The van der Waals surface area contributed by atoms with Gasteiger partial charge in [0.2, 0.25) is 5.91 Å². The van der Waals surface area contributed by atoms with E-state index in [1.54, 1.807) is 18.4 Å². The molecule has 4 aromatic rings. The van der Waals surface area contributed by atoms with Crippen molar-refractivity contribution in [3.8, 4) is 35.0 Å². The average Bonchev–Trinajstić information content (AvgIpc) is 3.93. The van der Waals surface area contributed by atoms with Gasteiger partial charge < -0.3 is 35.5 Å². The van der Waals surface area contributed by atoms with Crippen LogP contribution in [0.2, 0.25) is 0 Å². The number of carbonyl (C=O) groups excluding carboxylic acids is 4. The van der Waals surface area contributed by atoms with E-state index in [0.29, 0.717) is 31.7 Å². The molecule has 7 N–H and O–H groups in total. The lowest BCUT2D eigenvalue weighted by molar-refractivity contribution is -0.125. The molecule has 2 saturated heterocycles. The van der Waals surface area contributed by atoms with E-state index in [1.165, 1.54) is 45.7 Å². The molecule has 5 heterocycles. The fourth-order valence-electron chi connectivity index (χ4n) is 9.48. The van der Waals surface area contributed by atoms with Gasteiger partial charge in [-0.05, 0) is 101 Å². The van der Waals surface area contributed by atoms with Crippen molar-refractivity contribution < 1.29 is 23.9 Å². The van der Waals surface area contributed by atoms with Gasteiger partial charge in [0.25, 0.3) is 0 Å². The average molecular weight is 983 g/mol. The summed E-state index contributed by atoms with van der Waals surface area (Å²) in [7, 11) is 5.22. The minimum absolute atomic E-state index is 0.0132. The van der Waals surface area contributed by atoms with Gasteiger partial charge in [-0.3, -0.25) is 30.6 Å². The van der Waals surface area contributed by atoms with Crippen molar-refractivity contribution in [1.29, 1.82) is 0 Å². The Balaban J connectivity index is 0.000000427. The summed E-state index contributed by atoms with van der Waals surface area (Å²) in [4.78, 5) is 61.3. The van der Waals surface area contributed by atoms with Crippen LogP contribution in [0.4, 0.5) is 4.79 Å². The van der Waals surface area contributed by atoms with Crippen molar-refractivity contribution >= 4 is 46.2 Å². The summed E-state index contributed by atoms with van der Waals surface area (Å²) in [5.74, 6) is 5.60. The Morgan fingerprint density at radius 3 is 2.37 bits per heavy atom. The highest BCUT2D eigenvalue weighted by Gasteiger charge is 2.55. The van der Waals surface area contributed by atoms with Gasteiger partial charge in [-0.1, -0.05) is 67.5 Å². The number of amides is 3. The first kappa shape index (κ1) is 58.9. The first-order chi connectivity index (χ1) is 33.3. The Bertz CT molecular complexity index is 2370. The largest absolute Gasteiger partial charge is 0.446 e. The molecule has 0 saturated carbocycles. The summed E-state index contributed by atoms with van der Waals surface area (Å²) in [5, 5.41) is 4.31. The third kappa shape index (κ3) is 14.8. The Morgan fingerprint density at radius 2 is 1.83 bits per heavy atom. The van der Waals surface area contributed by atoms with Gasteiger partial charge in [0, 0.05) is 97.6 Å². The number of aryl methyl sites for hydroxylation is 2. The number of nitrogens with two attached hydrogens (primary N) is 3. The molecule has 2 aliphatic heterocycles. The molecule has 3 unspecified atom stereocenters. The van der Waals surface area contributed by atoms with Crippen LogP contribution in [0, 0.1) is 29.8 Å². The monoisotopic (exact) mass is 983 g/mol. The molecule has 3 atom stereocenters. The van der Waals surface area contributed by atoms with Crippen molar-refractivity contribution in [3.63, 3.8) is 0 Å². The molecule has 0 radical (unpaired) electrons. The van der Waals surface area contributed by atoms with Gasteiger partial charge in [-0.25, -0.2) is 9.78 Å². The summed E-state index contributed by atoms with van der Waals surface area (Å²) in [6.07, 6.45) is 17.3. The van der Waals surface area contributed by atoms with Crippen molar-refractivity contribution in [2.75, 3.05) is 53.9 Å². The van der Waals surface area contributed by atoms with Crippen molar-refractivity contribution in [2.24, 2.45) is 34.6 Å². The lowest BCUT2D eigenvalue weighted by atomic mass is 9.78. The number of ether oxygens (including phenoxy) is 1. The quantitative estimate of drug-likeness (QED) is 0.0158. The molecule has 70 heavy (non-hydrogen) atoms. The number of thiazole rings is 1. The molecule has 2 fully saturated rings. The van der Waals surface area contributed by atoms with Gasteiger partial charge in [0.1, 0.15) is 30.8 Å². The number of primary amides is 1. The maximum Gasteiger partial charge on any atom is 0.320 e. The maximum absolute atomic E-state index is 12.7. The second kappa shape index (κ2) is 27.8. The normalized spacial score (nSPS) is 15.0. The number of aromatic nitrogens is 3.